The van der Waals surface area contributed by atoms with Gasteiger partial charge in [0.05, 0.1) is 0 Å². The van der Waals surface area contributed by atoms with Crippen LogP contribution in [0.3, 0.4) is 0 Å². The average Bonchev–Trinajstić information content (AvgIpc) is 2.23. The third-order valence-corrected chi connectivity index (χ3v) is 2.66. The van der Waals surface area contributed by atoms with Gasteiger partial charge in [-0.2, -0.15) is 0 Å². The molecule has 0 aromatic heterocycles. The van der Waals surface area contributed by atoms with Crippen molar-refractivity contribution in [2.75, 3.05) is 4.43 Å². The predicted molar refractivity (Wildman–Crippen MR) is 84.2 cm³/mol. The second-order valence-electron chi connectivity index (χ2n) is 3.75. The Labute approximate surface area is 113 Å². The number of hydrogen-bond donors (Lipinski definition) is 0. The monoisotopic (exact) mass is 328 g/mol. The Morgan fingerprint density at radius 3 is 0.800 bits per heavy atom. The molecule has 0 aromatic rings. The molecule has 1 heteroatoms. The van der Waals surface area contributed by atoms with E-state index in [0.29, 0.717) is 0 Å². The number of unbranched alkanes of at least 4 members (excludes halogenated alkanes) is 5. The van der Waals surface area contributed by atoms with Gasteiger partial charge in [-0.05, 0) is 10.8 Å². The van der Waals surface area contributed by atoms with Crippen LogP contribution >= 0.6 is 22.6 Å². The fourth-order valence-electron chi connectivity index (χ4n) is 0.841. The molecule has 0 nitrogen and oxygen atoms in total. The van der Waals surface area contributed by atoms with Gasteiger partial charge in [0.2, 0.25) is 0 Å². The Morgan fingerprint density at radius 2 is 0.800 bits per heavy atom. The van der Waals surface area contributed by atoms with E-state index in [0.717, 1.165) is 0 Å². The van der Waals surface area contributed by atoms with Crippen molar-refractivity contribution in [2.45, 2.75) is 86.0 Å². The first kappa shape index (κ1) is 21.1. The zero-order valence-corrected chi connectivity index (χ0v) is 13.9. The molecule has 0 aliphatic rings. The standard InChI is InChI=1S/2C5H12.C4H9I/c2*1-3-5-4-2;1-2-3-4-5/h2*3-5H2,1-2H3;2-4H2,1H3. The number of rotatable bonds is 6. The van der Waals surface area contributed by atoms with Crippen LogP contribution in [0.1, 0.15) is 86.0 Å². The summed E-state index contributed by atoms with van der Waals surface area (Å²) in [6, 6.07) is 0. The third-order valence-electron chi connectivity index (χ3n) is 1.90. The molecular weight excluding hydrogens is 295 g/mol. The quantitative estimate of drug-likeness (QED) is 0.380. The Kier molecular flexibility index (Phi) is 41.2. The van der Waals surface area contributed by atoms with Gasteiger partial charge >= 0.3 is 0 Å². The second kappa shape index (κ2) is 29.3. The van der Waals surface area contributed by atoms with Gasteiger partial charge in [-0.25, -0.2) is 0 Å². The van der Waals surface area contributed by atoms with Crippen molar-refractivity contribution >= 4 is 22.6 Å². The zero-order valence-electron chi connectivity index (χ0n) is 11.7. The summed E-state index contributed by atoms with van der Waals surface area (Å²) in [5.74, 6) is 0. The second-order valence-corrected chi connectivity index (χ2v) is 4.83. The minimum absolute atomic E-state index is 1.31. The van der Waals surface area contributed by atoms with Crippen molar-refractivity contribution in [3.8, 4) is 0 Å². The van der Waals surface area contributed by atoms with Gasteiger partial charge in [0.1, 0.15) is 0 Å². The highest BCUT2D eigenvalue weighted by Gasteiger charge is 1.70. The molecule has 0 fully saturated rings. The van der Waals surface area contributed by atoms with Crippen molar-refractivity contribution in [3.05, 3.63) is 0 Å². The smallest absolute Gasteiger partial charge is 0.000483 e. The van der Waals surface area contributed by atoms with Crippen molar-refractivity contribution in [1.82, 2.24) is 0 Å². The molecule has 0 aliphatic carbocycles. The molecule has 0 N–H and O–H groups in total. The van der Waals surface area contributed by atoms with Gasteiger partial charge in [-0.3, -0.25) is 0 Å². The van der Waals surface area contributed by atoms with E-state index < -0.39 is 0 Å². The van der Waals surface area contributed by atoms with Crippen LogP contribution in [0, 0.1) is 0 Å². The molecule has 0 bridgehead atoms. The van der Waals surface area contributed by atoms with E-state index in [4.69, 9.17) is 0 Å². The lowest BCUT2D eigenvalue weighted by Crippen LogP contribution is -1.64. The van der Waals surface area contributed by atoms with Gasteiger partial charge in [0.15, 0.2) is 0 Å². The molecule has 0 spiro atoms. The highest BCUT2D eigenvalue weighted by Crippen LogP contribution is 1.90. The van der Waals surface area contributed by atoms with Crippen molar-refractivity contribution < 1.29 is 0 Å². The summed E-state index contributed by atoms with van der Waals surface area (Å²) in [5.41, 5.74) is 0. The minimum Gasteiger partial charge on any atom is -0.0864 e. The van der Waals surface area contributed by atoms with Crippen LogP contribution < -0.4 is 0 Å². The minimum atomic E-state index is 1.31. The average molecular weight is 328 g/mol. The number of hydrogen-bond acceptors (Lipinski definition) is 0. The predicted octanol–water partition coefficient (Wildman–Crippen LogP) is 6.61. The molecule has 0 saturated heterocycles. The van der Waals surface area contributed by atoms with E-state index in [1.807, 2.05) is 0 Å². The van der Waals surface area contributed by atoms with Crippen LogP contribution in [-0.4, -0.2) is 4.43 Å². The fraction of sp³-hybridized carbons (Fsp3) is 1.00. The lowest BCUT2D eigenvalue weighted by Gasteiger charge is -1.79. The Morgan fingerprint density at radius 1 is 0.533 bits per heavy atom. The van der Waals surface area contributed by atoms with E-state index in [2.05, 4.69) is 57.2 Å². The highest BCUT2D eigenvalue weighted by atomic mass is 127. The normalized spacial score (nSPS) is 8.40. The number of alkyl halides is 1. The van der Waals surface area contributed by atoms with Crippen LogP contribution in [0.2, 0.25) is 0 Å². The van der Waals surface area contributed by atoms with E-state index in [-0.39, 0.29) is 0 Å². The summed E-state index contributed by atoms with van der Waals surface area (Å²) in [7, 11) is 0. The molecule has 0 aliphatic heterocycles. The molecule has 0 saturated carbocycles. The molecule has 0 radical (unpaired) electrons. The van der Waals surface area contributed by atoms with E-state index >= 15 is 0 Å². The maximum absolute atomic E-state index is 2.39. The van der Waals surface area contributed by atoms with Gasteiger partial charge in [0, 0.05) is 0 Å². The van der Waals surface area contributed by atoms with Crippen LogP contribution in [0.4, 0.5) is 0 Å². The molecule has 0 rings (SSSR count). The first-order chi connectivity index (χ1) is 7.24. The van der Waals surface area contributed by atoms with E-state index in [1.165, 1.54) is 55.8 Å². The molecule has 15 heavy (non-hydrogen) atoms. The summed E-state index contributed by atoms with van der Waals surface area (Å²) < 4.78 is 1.31. The van der Waals surface area contributed by atoms with Gasteiger partial charge < -0.3 is 0 Å². The summed E-state index contributed by atoms with van der Waals surface area (Å²) in [5, 5.41) is 0. The lowest BCUT2D eigenvalue weighted by atomic mass is 10.3. The SMILES string of the molecule is CCCCC.CCCCC.CCCCI. The Balaban J connectivity index is -0.000000144. The van der Waals surface area contributed by atoms with Gasteiger partial charge in [-0.1, -0.05) is 102 Å². The van der Waals surface area contributed by atoms with E-state index in [1.54, 1.807) is 0 Å². The summed E-state index contributed by atoms with van der Waals surface area (Å²) in [4.78, 5) is 0. The van der Waals surface area contributed by atoms with Crippen molar-refractivity contribution in [3.63, 3.8) is 0 Å². The highest BCUT2D eigenvalue weighted by molar-refractivity contribution is 14.1. The van der Waals surface area contributed by atoms with Crippen molar-refractivity contribution in [1.29, 1.82) is 0 Å². The summed E-state index contributed by atoms with van der Waals surface area (Å²) >= 11 is 2.39. The largest absolute Gasteiger partial charge is 0.0864 e. The van der Waals surface area contributed by atoms with Gasteiger partial charge in [0.25, 0.3) is 0 Å². The Bertz CT molecular complexity index is 42.1. The lowest BCUT2D eigenvalue weighted by molar-refractivity contribution is 0.772. The molecule has 0 aromatic carbocycles. The first-order valence-corrected chi connectivity index (χ1v) is 8.33. The maximum Gasteiger partial charge on any atom is -0.000483 e. The molecule has 0 unspecified atom stereocenters. The Hall–Kier alpha value is 0.730. The van der Waals surface area contributed by atoms with Crippen LogP contribution in [0.5, 0.6) is 0 Å². The van der Waals surface area contributed by atoms with Gasteiger partial charge in [-0.15, -0.1) is 0 Å². The molecule has 96 valence electrons. The topological polar surface area (TPSA) is 0 Å². The molecule has 0 amide bonds. The van der Waals surface area contributed by atoms with E-state index in [9.17, 15) is 0 Å². The van der Waals surface area contributed by atoms with Crippen LogP contribution in [0.15, 0.2) is 0 Å². The zero-order chi connectivity index (χ0) is 12.4. The molecule has 0 atom stereocenters. The number of halogens is 1. The first-order valence-electron chi connectivity index (χ1n) is 6.80. The molecular formula is C14H33I. The molecule has 0 heterocycles. The summed E-state index contributed by atoms with van der Waals surface area (Å²) in [6.45, 7) is 11.1. The summed E-state index contributed by atoms with van der Waals surface area (Å²) in [6.07, 6.45) is 10.9. The third kappa shape index (κ3) is 52.7. The fourth-order valence-corrected chi connectivity index (χ4v) is 1.60. The van der Waals surface area contributed by atoms with Crippen molar-refractivity contribution in [2.24, 2.45) is 0 Å². The van der Waals surface area contributed by atoms with Crippen LogP contribution in [0.25, 0.3) is 0 Å². The maximum atomic E-state index is 2.39. The van der Waals surface area contributed by atoms with Crippen LogP contribution in [-0.2, 0) is 0 Å².